The van der Waals surface area contributed by atoms with Crippen LogP contribution in [0.3, 0.4) is 0 Å². The van der Waals surface area contributed by atoms with Crippen LogP contribution in [0, 0.1) is 32.1 Å². The Hall–Kier alpha value is -8.56. The largest absolute Gasteiger partial charge is 0.416 e. The van der Waals surface area contributed by atoms with E-state index in [0.717, 1.165) is 80.0 Å². The van der Waals surface area contributed by atoms with Crippen molar-refractivity contribution in [2.45, 2.75) is 39.3 Å². The summed E-state index contributed by atoms with van der Waals surface area (Å²) in [6.07, 6.45) is -13.6. The van der Waals surface area contributed by atoms with Crippen LogP contribution >= 0.6 is 0 Å². The fourth-order valence-electron chi connectivity index (χ4n) is 10.4. The van der Waals surface area contributed by atoms with E-state index in [4.69, 9.17) is 0 Å². The number of para-hydroxylation sites is 2. The molecular weight excluding hydrogens is 946 g/mol. The quantitative estimate of drug-likeness (QED) is 0.153. The van der Waals surface area contributed by atoms with Gasteiger partial charge in [-0.2, -0.15) is 44.8 Å². The van der Waals surface area contributed by atoms with Crippen LogP contribution in [0.1, 0.15) is 38.9 Å². The van der Waals surface area contributed by atoms with Gasteiger partial charge in [0.2, 0.25) is 0 Å². The lowest BCUT2D eigenvalue weighted by Crippen LogP contribution is -2.05. The zero-order chi connectivity index (χ0) is 51.3. The van der Waals surface area contributed by atoms with Gasteiger partial charge in [-0.05, 0) is 174 Å². The normalized spacial score (nSPS) is 12.4. The predicted molar refractivity (Wildman–Crippen MR) is 271 cm³/mol. The number of aryl methyl sites for hydroxylation is 3. The number of nitriles is 1. The van der Waals surface area contributed by atoms with E-state index >= 15 is 0 Å². The molecule has 0 atom stereocenters. The number of aromatic nitrogens is 2. The third-order valence-corrected chi connectivity index (χ3v) is 13.7. The van der Waals surface area contributed by atoms with Gasteiger partial charge in [0.25, 0.3) is 0 Å². The average Bonchev–Trinajstić information content (AvgIpc) is 3.87. The molecule has 0 spiro atoms. The van der Waals surface area contributed by atoms with Gasteiger partial charge in [0.15, 0.2) is 0 Å². The molecule has 12 heteroatoms. The Balaban J connectivity index is 1.18. The predicted octanol–water partition coefficient (Wildman–Crippen LogP) is 18.4. The number of nitrogens with zero attached hydrogens (tertiary/aromatic N) is 3. The van der Waals surface area contributed by atoms with Crippen LogP contribution in [0.25, 0.3) is 99.5 Å². The summed E-state index contributed by atoms with van der Waals surface area (Å²) < 4.78 is 130. The number of rotatable bonds is 6. The molecule has 11 aromatic rings. The third-order valence-electron chi connectivity index (χ3n) is 13.7. The molecule has 2 aromatic heterocycles. The second kappa shape index (κ2) is 17.1. The van der Waals surface area contributed by atoms with Gasteiger partial charge in [-0.15, -0.1) is 0 Å². The lowest BCUT2D eigenvalue weighted by molar-refractivity contribution is -0.138. The molecule has 3 nitrogen and oxygen atoms in total. The minimum absolute atomic E-state index is 0.310. The third kappa shape index (κ3) is 8.15. The molecule has 0 N–H and O–H groups in total. The van der Waals surface area contributed by atoms with Crippen molar-refractivity contribution in [3.05, 3.63) is 215 Å². The molecule has 0 aliphatic heterocycles. The summed E-state index contributed by atoms with van der Waals surface area (Å²) in [7, 11) is 0. The van der Waals surface area contributed by atoms with Gasteiger partial charge in [-0.25, -0.2) is 0 Å². The highest BCUT2D eigenvalue weighted by atomic mass is 19.4. The van der Waals surface area contributed by atoms with Crippen molar-refractivity contribution in [3.8, 4) is 62.0 Å². The number of fused-ring (bicyclic) bond motifs is 6. The highest BCUT2D eigenvalue weighted by molar-refractivity contribution is 6.13. The molecule has 73 heavy (non-hydrogen) atoms. The lowest BCUT2D eigenvalue weighted by Gasteiger charge is -2.20. The van der Waals surface area contributed by atoms with Gasteiger partial charge >= 0.3 is 18.5 Å². The zero-order valence-corrected chi connectivity index (χ0v) is 39.0. The maximum Gasteiger partial charge on any atom is 0.416 e. The Bertz CT molecular complexity index is 4100. The van der Waals surface area contributed by atoms with Crippen LogP contribution in [-0.2, 0) is 18.5 Å². The molecule has 0 amide bonds. The van der Waals surface area contributed by atoms with Gasteiger partial charge in [-0.3, -0.25) is 0 Å². The molecule has 0 bridgehead atoms. The maximum atomic E-state index is 14.4. The second-order valence-corrected chi connectivity index (χ2v) is 18.4. The van der Waals surface area contributed by atoms with Gasteiger partial charge in [0, 0.05) is 32.7 Å². The van der Waals surface area contributed by atoms with Crippen molar-refractivity contribution in [2.24, 2.45) is 0 Å². The Morgan fingerprint density at radius 1 is 0.356 bits per heavy atom. The van der Waals surface area contributed by atoms with E-state index in [1.807, 2.05) is 103 Å². The van der Waals surface area contributed by atoms with Crippen LogP contribution in [-0.4, -0.2) is 9.13 Å². The Kier molecular flexibility index (Phi) is 10.9. The topological polar surface area (TPSA) is 33.6 Å². The molecule has 2 heterocycles. The van der Waals surface area contributed by atoms with E-state index in [1.165, 1.54) is 12.1 Å². The van der Waals surface area contributed by atoms with Crippen molar-refractivity contribution >= 4 is 43.6 Å². The first kappa shape index (κ1) is 46.8. The second-order valence-electron chi connectivity index (χ2n) is 18.4. The van der Waals surface area contributed by atoms with Crippen molar-refractivity contribution in [3.63, 3.8) is 0 Å². The molecule has 0 aliphatic rings. The van der Waals surface area contributed by atoms with E-state index in [-0.39, 0.29) is 0 Å². The van der Waals surface area contributed by atoms with Gasteiger partial charge in [0.1, 0.15) is 0 Å². The average molecular weight is 984 g/mol. The Labute approximate surface area is 412 Å². The Morgan fingerprint density at radius 3 is 1.29 bits per heavy atom. The SMILES string of the molecule is Cc1cc(-c2ccc(-n3c4ccccc4c4cc(-c5ccc(C(F)(F)F)cc5C)ccc43)c(-c3cc(C#N)ccc3-n3c4ccccc4c4cc(-c5ccc(C(F)(F)F)cc5C)ccc43)c2)cc(C(F)(F)F)c1. The van der Waals surface area contributed by atoms with Crippen molar-refractivity contribution < 1.29 is 39.5 Å². The van der Waals surface area contributed by atoms with Crippen molar-refractivity contribution in [1.29, 1.82) is 5.26 Å². The summed E-state index contributed by atoms with van der Waals surface area (Å²) in [5, 5.41) is 13.8. The van der Waals surface area contributed by atoms with Crippen LogP contribution in [0.4, 0.5) is 39.5 Å². The number of alkyl halides is 9. The molecule has 11 rings (SSSR count). The van der Waals surface area contributed by atoms with Crippen molar-refractivity contribution in [1.82, 2.24) is 9.13 Å². The summed E-state index contributed by atoms with van der Waals surface area (Å²) in [4.78, 5) is 0. The Morgan fingerprint density at radius 2 is 0.808 bits per heavy atom. The summed E-state index contributed by atoms with van der Waals surface area (Å²) in [5.74, 6) is 0. The fraction of sp³-hybridized carbons (Fsp3) is 0.0984. The van der Waals surface area contributed by atoms with E-state index in [9.17, 15) is 44.8 Å². The molecule has 0 saturated carbocycles. The van der Waals surface area contributed by atoms with E-state index in [2.05, 4.69) is 15.2 Å². The number of hydrogen-bond donors (Lipinski definition) is 0. The first-order valence-corrected chi connectivity index (χ1v) is 23.1. The van der Waals surface area contributed by atoms with Gasteiger partial charge < -0.3 is 9.13 Å². The summed E-state index contributed by atoms with van der Waals surface area (Å²) >= 11 is 0. The van der Waals surface area contributed by atoms with E-state index in [0.29, 0.717) is 78.1 Å². The summed E-state index contributed by atoms with van der Waals surface area (Å²) in [6, 6.07) is 51.1. The van der Waals surface area contributed by atoms with E-state index in [1.54, 1.807) is 45.0 Å². The van der Waals surface area contributed by atoms with Crippen LogP contribution < -0.4 is 0 Å². The molecule has 0 saturated heterocycles. The smallest absolute Gasteiger partial charge is 0.309 e. The minimum atomic E-state index is -4.62. The minimum Gasteiger partial charge on any atom is -0.309 e. The number of benzene rings is 9. The highest BCUT2D eigenvalue weighted by Gasteiger charge is 2.33. The molecule has 9 aromatic carbocycles. The summed E-state index contributed by atoms with van der Waals surface area (Å²) in [6.45, 7) is 4.89. The van der Waals surface area contributed by atoms with E-state index < -0.39 is 35.2 Å². The monoisotopic (exact) mass is 983 g/mol. The van der Waals surface area contributed by atoms with Crippen LogP contribution in [0.15, 0.2) is 176 Å². The first-order chi connectivity index (χ1) is 34.8. The molecule has 360 valence electrons. The summed E-state index contributed by atoms with van der Waals surface area (Å²) in [5.41, 5.74) is 8.15. The molecule has 0 unspecified atom stereocenters. The van der Waals surface area contributed by atoms with Gasteiger partial charge in [0.05, 0.1) is 61.8 Å². The highest BCUT2D eigenvalue weighted by Crippen LogP contribution is 2.45. The number of hydrogen-bond acceptors (Lipinski definition) is 1. The molecule has 0 radical (unpaired) electrons. The molecule has 0 aliphatic carbocycles. The van der Waals surface area contributed by atoms with Crippen LogP contribution in [0.2, 0.25) is 0 Å². The maximum absolute atomic E-state index is 14.4. The number of halogens is 9. The lowest BCUT2D eigenvalue weighted by atomic mass is 9.93. The van der Waals surface area contributed by atoms with Gasteiger partial charge in [-0.1, -0.05) is 72.8 Å². The zero-order valence-electron chi connectivity index (χ0n) is 39.0. The van der Waals surface area contributed by atoms with Crippen molar-refractivity contribution in [2.75, 3.05) is 0 Å². The first-order valence-electron chi connectivity index (χ1n) is 23.1. The van der Waals surface area contributed by atoms with Crippen LogP contribution in [0.5, 0.6) is 0 Å². The standard InChI is InChI=1S/C61H38F9N3/c1-34-24-41(29-44(25-34)61(68,69)70)38-13-21-58(73-54-11-7-5-9-48(54)51-32-40(15-23-57(51)73)46-19-17-43(27-36(46)3)60(65,66)67)52(30-38)49-28-37(33-71)12-20-55(49)72-53-10-6-4-8-47(53)50-31-39(14-22-56(50)72)45-18-16-42(26-35(45)2)59(62,63)64/h4-32H,1-3H3. The molecule has 0 fully saturated rings. The fourth-order valence-corrected chi connectivity index (χ4v) is 10.4. The molecular formula is C61H38F9N3.